The molecule has 0 aliphatic carbocycles. The first kappa shape index (κ1) is 19.0. The summed E-state index contributed by atoms with van der Waals surface area (Å²) in [7, 11) is 0. The van der Waals surface area contributed by atoms with Gasteiger partial charge in [0, 0.05) is 12.8 Å². The Morgan fingerprint density at radius 3 is 1.71 bits per heavy atom. The topological polar surface area (TPSA) is 32.7 Å². The molecular weight excluding hydrogens is 260 g/mol. The fourth-order valence-electron chi connectivity index (χ4n) is 1.64. The second-order valence-electron chi connectivity index (χ2n) is 4.91. The molecule has 0 aliphatic heterocycles. The molecule has 0 unspecified atom stereocenters. The monoisotopic (exact) mass is 286 g/mol. The number of nitroso groups, excluding NO2 is 1. The zero-order chi connectivity index (χ0) is 15.9. The van der Waals surface area contributed by atoms with E-state index >= 15 is 0 Å². The summed E-state index contributed by atoms with van der Waals surface area (Å²) in [5.41, 5.74) is 2.48. The Balaban J connectivity index is 4.21. The maximum Gasteiger partial charge on any atom is 0.0579 e. The third kappa shape index (κ3) is 11.5. The lowest BCUT2D eigenvalue weighted by molar-refractivity contribution is 0.348. The van der Waals surface area contributed by atoms with E-state index in [2.05, 4.69) is 42.8 Å². The van der Waals surface area contributed by atoms with Crippen LogP contribution in [0.1, 0.15) is 53.4 Å². The number of rotatable bonds is 9. The van der Waals surface area contributed by atoms with Gasteiger partial charge in [-0.05, 0) is 40.5 Å². The van der Waals surface area contributed by atoms with Crippen LogP contribution in [0.15, 0.2) is 28.6 Å². The van der Waals surface area contributed by atoms with Crippen molar-refractivity contribution < 1.29 is 0 Å². The highest BCUT2D eigenvalue weighted by atomic mass is 16.3. The van der Waals surface area contributed by atoms with Crippen LogP contribution in [0, 0.1) is 28.6 Å². The molecule has 0 rings (SSSR count). The predicted molar refractivity (Wildman–Crippen MR) is 90.3 cm³/mol. The second-order valence-corrected chi connectivity index (χ2v) is 4.91. The third-order valence-corrected chi connectivity index (χ3v) is 3.06. The van der Waals surface area contributed by atoms with Gasteiger partial charge in [-0.2, -0.15) is 0 Å². The summed E-state index contributed by atoms with van der Waals surface area (Å²) in [6.07, 6.45) is 7.71. The highest BCUT2D eigenvalue weighted by Crippen LogP contribution is 2.06. The molecule has 0 fully saturated rings. The summed E-state index contributed by atoms with van der Waals surface area (Å²) in [5.74, 6) is 11.8. The van der Waals surface area contributed by atoms with Crippen molar-refractivity contribution >= 4 is 0 Å². The maximum atomic E-state index is 10.8. The summed E-state index contributed by atoms with van der Waals surface area (Å²) in [6.45, 7) is 8.91. The third-order valence-electron chi connectivity index (χ3n) is 3.06. The summed E-state index contributed by atoms with van der Waals surface area (Å²) in [4.78, 5) is 10.8. The van der Waals surface area contributed by atoms with Gasteiger partial charge in [-0.3, -0.25) is 5.01 Å². The van der Waals surface area contributed by atoms with E-state index in [1.807, 2.05) is 26.0 Å². The Morgan fingerprint density at radius 1 is 0.952 bits per heavy atom. The fourth-order valence-corrected chi connectivity index (χ4v) is 1.64. The Labute approximate surface area is 129 Å². The predicted octanol–water partition coefficient (Wildman–Crippen LogP) is 4.47. The van der Waals surface area contributed by atoms with E-state index in [4.69, 9.17) is 0 Å². The summed E-state index contributed by atoms with van der Waals surface area (Å²) in [5, 5.41) is 4.58. The van der Waals surface area contributed by atoms with Crippen LogP contribution in [0.4, 0.5) is 0 Å². The molecule has 3 heteroatoms. The van der Waals surface area contributed by atoms with E-state index in [0.717, 1.165) is 25.7 Å². The highest BCUT2D eigenvalue weighted by Gasteiger charge is 1.99. The number of allylic oxidation sites excluding steroid dienone is 2. The van der Waals surface area contributed by atoms with Crippen molar-refractivity contribution in [2.24, 2.45) is 5.29 Å². The van der Waals surface area contributed by atoms with Gasteiger partial charge in [-0.15, -0.1) is 28.6 Å². The Morgan fingerprint density at radius 2 is 1.38 bits per heavy atom. The quantitative estimate of drug-likeness (QED) is 0.271. The number of nitrogens with zero attached hydrogens (tertiary/aromatic N) is 2. The van der Waals surface area contributed by atoms with Gasteiger partial charge in [-0.1, -0.05) is 23.3 Å². The lowest BCUT2D eigenvalue weighted by Gasteiger charge is -2.11. The standard InChI is InChI=1S/C18H26N2O/c1-5-7-9-11-17(3)13-15-20(19-21)16-14-18(4)12-10-8-6-2/h13-14H,9-12,15-16H2,1-4H3/b17-13+,18-14+. The minimum atomic E-state index is 0.549. The first-order valence-corrected chi connectivity index (χ1v) is 7.32. The molecule has 0 N–H and O–H groups in total. The van der Waals surface area contributed by atoms with Gasteiger partial charge in [-0.25, -0.2) is 0 Å². The molecule has 0 heterocycles. The van der Waals surface area contributed by atoms with Gasteiger partial charge in [0.1, 0.15) is 0 Å². The van der Waals surface area contributed by atoms with Crippen LogP contribution in [-0.2, 0) is 0 Å². The van der Waals surface area contributed by atoms with Crippen LogP contribution in [0.3, 0.4) is 0 Å². The molecule has 0 aliphatic rings. The Bertz CT molecular complexity index is 439. The molecule has 3 nitrogen and oxygen atoms in total. The van der Waals surface area contributed by atoms with Gasteiger partial charge >= 0.3 is 0 Å². The molecule has 114 valence electrons. The van der Waals surface area contributed by atoms with Gasteiger partial charge in [0.15, 0.2) is 0 Å². The van der Waals surface area contributed by atoms with E-state index in [-0.39, 0.29) is 0 Å². The van der Waals surface area contributed by atoms with Crippen molar-refractivity contribution in [2.75, 3.05) is 13.1 Å². The van der Waals surface area contributed by atoms with E-state index in [1.54, 1.807) is 0 Å². The van der Waals surface area contributed by atoms with Crippen molar-refractivity contribution in [1.29, 1.82) is 0 Å². The van der Waals surface area contributed by atoms with Crippen molar-refractivity contribution in [3.05, 3.63) is 28.2 Å². The van der Waals surface area contributed by atoms with Gasteiger partial charge < -0.3 is 0 Å². The van der Waals surface area contributed by atoms with Crippen LogP contribution in [0.2, 0.25) is 0 Å². The molecular formula is C18H26N2O. The molecule has 0 spiro atoms. The molecule has 0 bridgehead atoms. The first-order chi connectivity index (χ1) is 10.1. The van der Waals surface area contributed by atoms with Crippen molar-refractivity contribution in [3.8, 4) is 23.7 Å². The smallest absolute Gasteiger partial charge is 0.0579 e. The molecule has 0 aromatic carbocycles. The van der Waals surface area contributed by atoms with E-state index in [0.29, 0.717) is 13.1 Å². The molecule has 21 heavy (non-hydrogen) atoms. The van der Waals surface area contributed by atoms with Crippen molar-refractivity contribution in [2.45, 2.75) is 53.4 Å². The summed E-state index contributed by atoms with van der Waals surface area (Å²) < 4.78 is 0. The van der Waals surface area contributed by atoms with Gasteiger partial charge in [0.05, 0.1) is 18.4 Å². The molecule has 0 atom stereocenters. The minimum absolute atomic E-state index is 0.549. The molecule has 0 radical (unpaired) electrons. The van der Waals surface area contributed by atoms with Crippen molar-refractivity contribution in [1.82, 2.24) is 5.01 Å². The maximum absolute atomic E-state index is 10.8. The normalized spacial score (nSPS) is 11.0. The van der Waals surface area contributed by atoms with Crippen LogP contribution in [0.5, 0.6) is 0 Å². The number of hydrogen-bond donors (Lipinski definition) is 0. The average Bonchev–Trinajstić information content (AvgIpc) is 2.48. The largest absolute Gasteiger partial charge is 0.253 e. The first-order valence-electron chi connectivity index (χ1n) is 7.32. The van der Waals surface area contributed by atoms with Crippen LogP contribution < -0.4 is 0 Å². The lowest BCUT2D eigenvalue weighted by Crippen LogP contribution is -2.17. The lowest BCUT2D eigenvalue weighted by atomic mass is 10.1. The van der Waals surface area contributed by atoms with Crippen LogP contribution in [0.25, 0.3) is 0 Å². The van der Waals surface area contributed by atoms with Crippen LogP contribution in [-0.4, -0.2) is 18.1 Å². The van der Waals surface area contributed by atoms with Crippen LogP contribution >= 0.6 is 0 Å². The molecule has 0 aromatic heterocycles. The fraction of sp³-hybridized carbons (Fsp3) is 0.556. The average molecular weight is 286 g/mol. The van der Waals surface area contributed by atoms with E-state index in [9.17, 15) is 4.91 Å². The van der Waals surface area contributed by atoms with Gasteiger partial charge in [0.2, 0.25) is 0 Å². The van der Waals surface area contributed by atoms with E-state index < -0.39 is 0 Å². The Kier molecular flexibility index (Phi) is 11.8. The SMILES string of the molecule is CC#CCC/C(C)=C/CN(C/C=C(\C)CCC#CC)N=O. The van der Waals surface area contributed by atoms with Crippen molar-refractivity contribution in [3.63, 3.8) is 0 Å². The second kappa shape index (κ2) is 13.0. The summed E-state index contributed by atoms with van der Waals surface area (Å²) >= 11 is 0. The highest BCUT2D eigenvalue weighted by molar-refractivity contribution is 5.06. The molecule has 0 aromatic rings. The van der Waals surface area contributed by atoms with Gasteiger partial charge in [0.25, 0.3) is 0 Å². The number of hydrogen-bond acceptors (Lipinski definition) is 2. The summed E-state index contributed by atoms with van der Waals surface area (Å²) in [6, 6.07) is 0. The Hall–Kier alpha value is -2.00. The zero-order valence-electron chi connectivity index (χ0n) is 13.7. The zero-order valence-corrected chi connectivity index (χ0v) is 13.7. The minimum Gasteiger partial charge on any atom is -0.253 e. The molecule has 0 amide bonds. The molecule has 0 saturated heterocycles. The van der Waals surface area contributed by atoms with E-state index in [1.165, 1.54) is 16.2 Å². The molecule has 0 saturated carbocycles.